The Bertz CT molecular complexity index is 1270. The molecule has 15 heteroatoms. The number of para-hydroxylation sites is 1. The van der Waals surface area contributed by atoms with Gasteiger partial charge in [-0.05, 0) is 62.4 Å². The van der Waals surface area contributed by atoms with E-state index in [1.165, 1.54) is 20.0 Å². The number of esters is 1. The Kier molecular flexibility index (Phi) is 9.65. The van der Waals surface area contributed by atoms with Crippen molar-refractivity contribution in [3.8, 4) is 5.75 Å². The highest BCUT2D eigenvalue weighted by molar-refractivity contribution is 14.1. The van der Waals surface area contributed by atoms with Gasteiger partial charge in [0.2, 0.25) is 0 Å². The second kappa shape index (κ2) is 12.0. The van der Waals surface area contributed by atoms with Crippen molar-refractivity contribution < 1.29 is 33.0 Å². The molecule has 0 radical (unpaired) electrons. The Labute approximate surface area is 231 Å². The van der Waals surface area contributed by atoms with E-state index in [9.17, 15) is 24.1 Å². The lowest BCUT2D eigenvalue weighted by molar-refractivity contribution is -0.149. The van der Waals surface area contributed by atoms with Crippen molar-refractivity contribution >= 4 is 47.9 Å². The first-order valence-electron chi connectivity index (χ1n) is 11.2. The smallest absolute Gasteiger partial charge is 0.459 e. The highest BCUT2D eigenvalue weighted by Gasteiger charge is 2.54. The second-order valence-electron chi connectivity index (χ2n) is 8.80. The number of aromatic nitrogens is 2. The molecule has 6 atom stereocenters. The van der Waals surface area contributed by atoms with Gasteiger partial charge in [-0.1, -0.05) is 18.2 Å². The molecule has 1 aromatic carbocycles. The normalized spacial score (nSPS) is 26.0. The number of aromatic amines is 1. The molecule has 204 valence electrons. The Morgan fingerprint density at radius 2 is 1.97 bits per heavy atom. The number of H-pyrrole nitrogens is 1. The molecule has 3 rings (SSSR count). The molecule has 0 saturated carbocycles. The zero-order valence-electron chi connectivity index (χ0n) is 20.4. The fourth-order valence-electron chi connectivity index (χ4n) is 3.49. The summed E-state index contributed by atoms with van der Waals surface area (Å²) in [6.07, 6.45) is -2.87. The number of carbonyl (C=O) groups excluding carboxylic acids is 1. The van der Waals surface area contributed by atoms with Gasteiger partial charge in [0, 0.05) is 6.20 Å². The molecule has 37 heavy (non-hydrogen) atoms. The number of aliphatic hydroxyl groups excluding tert-OH is 1. The van der Waals surface area contributed by atoms with Crippen molar-refractivity contribution in [2.45, 2.75) is 63.2 Å². The van der Waals surface area contributed by atoms with Gasteiger partial charge in [-0.3, -0.25) is 23.7 Å². The maximum Gasteiger partial charge on any atom is 0.459 e. The van der Waals surface area contributed by atoms with E-state index in [2.05, 4.69) is 10.1 Å². The number of hydrogen-bond acceptors (Lipinski definition) is 9. The number of carbonyl (C=O) groups is 1. The second-order valence-corrected chi connectivity index (χ2v) is 12.5. The Balaban J connectivity index is 1.82. The van der Waals surface area contributed by atoms with Crippen LogP contribution in [-0.4, -0.2) is 56.5 Å². The summed E-state index contributed by atoms with van der Waals surface area (Å²) >= 11 is 8.32. The summed E-state index contributed by atoms with van der Waals surface area (Å²) in [7, 11) is -4.23. The van der Waals surface area contributed by atoms with Gasteiger partial charge < -0.3 is 19.1 Å². The molecule has 1 aliphatic heterocycles. The van der Waals surface area contributed by atoms with E-state index in [-0.39, 0.29) is 9.32 Å². The van der Waals surface area contributed by atoms with Gasteiger partial charge in [0.1, 0.15) is 28.9 Å². The van der Waals surface area contributed by atoms with Crippen LogP contribution in [0.3, 0.4) is 0 Å². The van der Waals surface area contributed by atoms with Crippen molar-refractivity contribution in [3.05, 3.63) is 60.9 Å². The SMILES string of the molecule is CC(C)OC(=O)[C@@H](C)NP(=O)(OC[C@H]1O[C@@H](n2cc(I)c(=O)[nH]c2=O)[C@](C)(Cl)[C@@H]1O)Oc1ccccc1. The Hall–Kier alpha value is -1.74. The molecule has 0 spiro atoms. The van der Waals surface area contributed by atoms with Gasteiger partial charge in [0.05, 0.1) is 16.3 Å². The minimum absolute atomic E-state index is 0.199. The molecule has 0 amide bonds. The van der Waals surface area contributed by atoms with Crippen LogP contribution in [0.1, 0.15) is 33.9 Å². The van der Waals surface area contributed by atoms with Gasteiger partial charge in [0.25, 0.3) is 5.56 Å². The molecular weight excluding hydrogens is 644 g/mol. The van der Waals surface area contributed by atoms with Crippen LogP contribution in [0.4, 0.5) is 0 Å². The summed E-state index contributed by atoms with van der Waals surface area (Å²) in [6.45, 7) is 5.75. The first-order chi connectivity index (χ1) is 17.2. The molecule has 1 aliphatic rings. The number of nitrogens with zero attached hydrogens (tertiary/aromatic N) is 1. The average molecular weight is 672 g/mol. The van der Waals surface area contributed by atoms with Crippen LogP contribution in [0.2, 0.25) is 0 Å². The molecule has 1 unspecified atom stereocenters. The van der Waals surface area contributed by atoms with Crippen LogP contribution in [0.25, 0.3) is 0 Å². The number of aliphatic hydroxyl groups is 1. The van der Waals surface area contributed by atoms with E-state index < -0.39 is 67.0 Å². The lowest BCUT2D eigenvalue weighted by Crippen LogP contribution is -2.43. The van der Waals surface area contributed by atoms with Crippen molar-refractivity contribution in [1.82, 2.24) is 14.6 Å². The zero-order valence-corrected chi connectivity index (χ0v) is 24.2. The third-order valence-electron chi connectivity index (χ3n) is 5.33. The molecule has 0 bridgehead atoms. The third kappa shape index (κ3) is 7.22. The number of alkyl halides is 1. The van der Waals surface area contributed by atoms with E-state index in [0.717, 1.165) is 4.57 Å². The van der Waals surface area contributed by atoms with Gasteiger partial charge in [-0.2, -0.15) is 5.09 Å². The minimum atomic E-state index is -4.23. The molecule has 3 N–H and O–H groups in total. The maximum absolute atomic E-state index is 13.7. The number of halogens is 2. The van der Waals surface area contributed by atoms with E-state index in [1.54, 1.807) is 66.8 Å². The van der Waals surface area contributed by atoms with Crippen LogP contribution in [-0.2, 0) is 23.4 Å². The lowest BCUT2D eigenvalue weighted by atomic mass is 10.0. The summed E-state index contributed by atoms with van der Waals surface area (Å²) in [5.74, 6) is -0.474. The highest BCUT2D eigenvalue weighted by atomic mass is 127. The van der Waals surface area contributed by atoms with E-state index in [0.29, 0.717) is 0 Å². The fraction of sp³-hybridized carbons (Fsp3) is 0.500. The lowest BCUT2D eigenvalue weighted by Gasteiger charge is -2.26. The predicted molar refractivity (Wildman–Crippen MR) is 143 cm³/mol. The van der Waals surface area contributed by atoms with Gasteiger partial charge in [-0.15, -0.1) is 11.6 Å². The quantitative estimate of drug-likeness (QED) is 0.148. The Morgan fingerprint density at radius 1 is 1.32 bits per heavy atom. The number of nitrogens with one attached hydrogen (secondary N) is 2. The zero-order chi connectivity index (χ0) is 27.5. The molecule has 1 aromatic heterocycles. The van der Waals surface area contributed by atoms with Crippen LogP contribution >= 0.6 is 41.9 Å². The van der Waals surface area contributed by atoms with Crippen molar-refractivity contribution in [3.63, 3.8) is 0 Å². The number of ether oxygens (including phenoxy) is 2. The molecule has 1 saturated heterocycles. The predicted octanol–water partition coefficient (Wildman–Crippen LogP) is 2.53. The summed E-state index contributed by atoms with van der Waals surface area (Å²) in [6, 6.07) is 7.08. The number of rotatable bonds is 10. The van der Waals surface area contributed by atoms with Gasteiger partial charge in [0.15, 0.2) is 6.23 Å². The molecular formula is C22H28ClIN3O9P. The van der Waals surface area contributed by atoms with Gasteiger partial charge >= 0.3 is 19.4 Å². The molecule has 2 aromatic rings. The van der Waals surface area contributed by atoms with Gasteiger partial charge in [-0.25, -0.2) is 9.36 Å². The topological polar surface area (TPSA) is 158 Å². The van der Waals surface area contributed by atoms with Crippen molar-refractivity contribution in [1.29, 1.82) is 0 Å². The van der Waals surface area contributed by atoms with Crippen molar-refractivity contribution in [2.75, 3.05) is 6.61 Å². The molecule has 1 fully saturated rings. The summed E-state index contributed by atoms with van der Waals surface area (Å²) in [5, 5.41) is 13.4. The first-order valence-corrected chi connectivity index (χ1v) is 14.2. The fourth-order valence-corrected chi connectivity index (χ4v) is 5.73. The minimum Gasteiger partial charge on any atom is -0.462 e. The average Bonchev–Trinajstić information content (AvgIpc) is 3.03. The third-order valence-corrected chi connectivity index (χ3v) is 8.15. The largest absolute Gasteiger partial charge is 0.462 e. The maximum atomic E-state index is 13.7. The van der Waals surface area contributed by atoms with E-state index in [4.69, 9.17) is 30.1 Å². The highest BCUT2D eigenvalue weighted by Crippen LogP contribution is 2.48. The van der Waals surface area contributed by atoms with Crippen LogP contribution in [0.15, 0.2) is 46.1 Å². The van der Waals surface area contributed by atoms with E-state index >= 15 is 0 Å². The molecule has 2 heterocycles. The van der Waals surface area contributed by atoms with Crippen LogP contribution in [0.5, 0.6) is 5.75 Å². The van der Waals surface area contributed by atoms with E-state index in [1.807, 2.05) is 0 Å². The Morgan fingerprint density at radius 3 is 2.59 bits per heavy atom. The monoisotopic (exact) mass is 671 g/mol. The first kappa shape index (κ1) is 29.8. The standard InChI is InChI=1S/C22H28ClIN3O9P/c1-12(2)34-19(30)13(3)26-37(32,36-14-8-6-5-7-9-14)33-11-16-17(28)22(4,23)20(35-16)27-10-15(24)18(29)25-21(27)31/h5-10,12-13,16-17,20,28H,11H2,1-4H3,(H,26,32)(H,25,29,31)/t13-,16-,17-,20-,22-,37?/m1/s1. The van der Waals surface area contributed by atoms with Crippen molar-refractivity contribution in [2.24, 2.45) is 0 Å². The van der Waals surface area contributed by atoms with Crippen LogP contribution in [0, 0.1) is 3.57 Å². The number of benzene rings is 1. The molecule has 0 aliphatic carbocycles. The van der Waals surface area contributed by atoms with Crippen LogP contribution < -0.4 is 20.9 Å². The summed E-state index contributed by atoms with van der Waals surface area (Å²) in [5.41, 5.74) is -1.36. The summed E-state index contributed by atoms with van der Waals surface area (Å²) in [4.78, 5) is 37.1. The summed E-state index contributed by atoms with van der Waals surface area (Å²) < 4.78 is 37.1. The molecule has 12 nitrogen and oxygen atoms in total. The number of hydrogen-bond donors (Lipinski definition) is 3.